The highest BCUT2D eigenvalue weighted by molar-refractivity contribution is 7.89. The minimum Gasteiger partial charge on any atom is -0.494 e. The summed E-state index contributed by atoms with van der Waals surface area (Å²) in [5.74, 6) is -2.05. The molecule has 0 radical (unpaired) electrons. The number of hydrogen-bond donors (Lipinski definition) is 0. The van der Waals surface area contributed by atoms with Crippen molar-refractivity contribution < 1.29 is 27.1 Å². The third-order valence-electron chi connectivity index (χ3n) is 3.66. The molecule has 2 aromatic rings. The minimum atomic E-state index is -4.04. The standard InChI is InChI=1S/C17H18FNO5S/c1-11-5-7-13(8-6-11)25(21,22)19(2)17(20)12-9-14(23-3)16(18)15(10-12)24-4/h5-10H,1-4H3. The van der Waals surface area contributed by atoms with Crippen LogP contribution in [0.25, 0.3) is 0 Å². The molecule has 0 heterocycles. The lowest BCUT2D eigenvalue weighted by Crippen LogP contribution is -2.33. The molecule has 0 unspecified atom stereocenters. The molecule has 0 N–H and O–H groups in total. The van der Waals surface area contributed by atoms with Crippen molar-refractivity contribution in [3.63, 3.8) is 0 Å². The number of ether oxygens (including phenoxy) is 2. The van der Waals surface area contributed by atoms with Gasteiger partial charge >= 0.3 is 0 Å². The Kier molecular flexibility index (Phi) is 5.32. The highest BCUT2D eigenvalue weighted by atomic mass is 32.2. The fraction of sp³-hybridized carbons (Fsp3) is 0.235. The maximum absolute atomic E-state index is 14.0. The highest BCUT2D eigenvalue weighted by Gasteiger charge is 2.28. The Balaban J connectivity index is 2.44. The van der Waals surface area contributed by atoms with E-state index in [1.807, 2.05) is 6.92 Å². The summed E-state index contributed by atoms with van der Waals surface area (Å²) in [7, 11) is -0.435. The van der Waals surface area contributed by atoms with Crippen molar-refractivity contribution in [1.29, 1.82) is 0 Å². The van der Waals surface area contributed by atoms with E-state index in [9.17, 15) is 17.6 Å². The molecule has 0 fully saturated rings. The average Bonchev–Trinajstić information content (AvgIpc) is 2.61. The van der Waals surface area contributed by atoms with Gasteiger partial charge in [-0.15, -0.1) is 0 Å². The second-order valence-corrected chi connectivity index (χ2v) is 7.25. The molecule has 0 aliphatic heterocycles. The molecule has 6 nitrogen and oxygen atoms in total. The predicted molar refractivity (Wildman–Crippen MR) is 90.0 cm³/mol. The van der Waals surface area contributed by atoms with Crippen LogP contribution >= 0.6 is 0 Å². The second-order valence-electron chi connectivity index (χ2n) is 5.29. The Morgan fingerprint density at radius 2 is 1.52 bits per heavy atom. The predicted octanol–water partition coefficient (Wildman–Crippen LogP) is 2.61. The van der Waals surface area contributed by atoms with Crippen LogP contribution in [0.4, 0.5) is 4.39 Å². The van der Waals surface area contributed by atoms with E-state index in [1.54, 1.807) is 12.1 Å². The van der Waals surface area contributed by atoms with Crippen LogP contribution < -0.4 is 9.47 Å². The van der Waals surface area contributed by atoms with Gasteiger partial charge in [0.25, 0.3) is 15.9 Å². The molecule has 134 valence electrons. The van der Waals surface area contributed by atoms with Gasteiger partial charge in [0.15, 0.2) is 11.5 Å². The molecule has 2 rings (SSSR count). The zero-order valence-electron chi connectivity index (χ0n) is 14.2. The van der Waals surface area contributed by atoms with Crippen molar-refractivity contribution in [1.82, 2.24) is 4.31 Å². The number of nitrogens with zero attached hydrogens (tertiary/aromatic N) is 1. The van der Waals surface area contributed by atoms with E-state index < -0.39 is 21.7 Å². The van der Waals surface area contributed by atoms with Crippen LogP contribution in [0.1, 0.15) is 15.9 Å². The number of amides is 1. The van der Waals surface area contributed by atoms with Crippen molar-refractivity contribution >= 4 is 15.9 Å². The number of carbonyl (C=O) groups excluding carboxylic acids is 1. The van der Waals surface area contributed by atoms with Crippen LogP contribution in [0.15, 0.2) is 41.3 Å². The quantitative estimate of drug-likeness (QED) is 0.812. The summed E-state index contributed by atoms with van der Waals surface area (Å²) in [4.78, 5) is 12.6. The van der Waals surface area contributed by atoms with Gasteiger partial charge in [0.2, 0.25) is 5.82 Å². The maximum Gasteiger partial charge on any atom is 0.267 e. The molecule has 0 atom stereocenters. The average molecular weight is 367 g/mol. The summed E-state index contributed by atoms with van der Waals surface area (Å²) in [6.07, 6.45) is 0. The molecule has 0 saturated carbocycles. The molecule has 1 amide bonds. The molecular formula is C17H18FNO5S. The van der Waals surface area contributed by atoms with E-state index in [4.69, 9.17) is 9.47 Å². The van der Waals surface area contributed by atoms with E-state index in [1.165, 1.54) is 26.4 Å². The van der Waals surface area contributed by atoms with E-state index in [0.29, 0.717) is 4.31 Å². The van der Waals surface area contributed by atoms with Gasteiger partial charge < -0.3 is 9.47 Å². The summed E-state index contributed by atoms with van der Waals surface area (Å²) in [5.41, 5.74) is 0.814. The molecule has 2 aromatic carbocycles. The van der Waals surface area contributed by atoms with Crippen LogP contribution in [0.2, 0.25) is 0 Å². The first-order chi connectivity index (χ1) is 11.7. The first-order valence-electron chi connectivity index (χ1n) is 7.23. The van der Waals surface area contributed by atoms with Gasteiger partial charge in [-0.25, -0.2) is 12.7 Å². The normalized spacial score (nSPS) is 11.1. The Morgan fingerprint density at radius 3 is 1.96 bits per heavy atom. The maximum atomic E-state index is 14.0. The van der Waals surface area contributed by atoms with E-state index >= 15 is 0 Å². The smallest absolute Gasteiger partial charge is 0.267 e. The Morgan fingerprint density at radius 1 is 1.04 bits per heavy atom. The molecule has 8 heteroatoms. The lowest BCUT2D eigenvalue weighted by Gasteiger charge is -2.19. The summed E-state index contributed by atoms with van der Waals surface area (Å²) >= 11 is 0. The number of benzene rings is 2. The molecule has 0 bridgehead atoms. The third kappa shape index (κ3) is 3.58. The number of rotatable bonds is 5. The van der Waals surface area contributed by atoms with E-state index in [-0.39, 0.29) is 22.0 Å². The topological polar surface area (TPSA) is 72.9 Å². The van der Waals surface area contributed by atoms with Gasteiger partial charge in [-0.2, -0.15) is 4.39 Å². The summed E-state index contributed by atoms with van der Waals surface area (Å²) in [6.45, 7) is 1.82. The third-order valence-corrected chi connectivity index (χ3v) is 5.41. The molecular weight excluding hydrogens is 349 g/mol. The van der Waals surface area contributed by atoms with Gasteiger partial charge in [-0.05, 0) is 31.2 Å². The summed E-state index contributed by atoms with van der Waals surface area (Å²) < 4.78 is 49.5. The molecule has 0 aliphatic carbocycles. The fourth-order valence-corrected chi connectivity index (χ4v) is 3.27. The first-order valence-corrected chi connectivity index (χ1v) is 8.67. The molecule has 25 heavy (non-hydrogen) atoms. The van der Waals surface area contributed by atoms with E-state index in [0.717, 1.165) is 24.7 Å². The van der Waals surface area contributed by atoms with Crippen molar-refractivity contribution in [2.75, 3.05) is 21.3 Å². The van der Waals surface area contributed by atoms with Crippen molar-refractivity contribution in [3.8, 4) is 11.5 Å². The van der Waals surface area contributed by atoms with Crippen molar-refractivity contribution in [3.05, 3.63) is 53.3 Å². The largest absolute Gasteiger partial charge is 0.494 e. The lowest BCUT2D eigenvalue weighted by atomic mass is 10.2. The Hall–Kier alpha value is -2.61. The zero-order valence-corrected chi connectivity index (χ0v) is 15.1. The van der Waals surface area contributed by atoms with Gasteiger partial charge in [-0.3, -0.25) is 4.79 Å². The molecule has 0 saturated heterocycles. The number of halogens is 1. The molecule has 0 spiro atoms. The molecule has 0 aromatic heterocycles. The number of aryl methyl sites for hydroxylation is 1. The monoisotopic (exact) mass is 367 g/mol. The Labute approximate surface area is 145 Å². The summed E-state index contributed by atoms with van der Waals surface area (Å²) in [5, 5.41) is 0. The van der Waals surface area contributed by atoms with E-state index in [2.05, 4.69) is 0 Å². The first kappa shape index (κ1) is 18.7. The molecule has 0 aliphatic rings. The van der Waals surface area contributed by atoms with Crippen LogP contribution in [-0.4, -0.2) is 39.9 Å². The van der Waals surface area contributed by atoms with Gasteiger partial charge in [0.05, 0.1) is 19.1 Å². The highest BCUT2D eigenvalue weighted by Crippen LogP contribution is 2.29. The SMILES string of the molecule is COc1cc(C(=O)N(C)S(=O)(=O)c2ccc(C)cc2)cc(OC)c1F. The zero-order chi connectivity index (χ0) is 18.8. The van der Waals surface area contributed by atoms with Crippen LogP contribution in [-0.2, 0) is 10.0 Å². The van der Waals surface area contributed by atoms with Gasteiger partial charge in [0, 0.05) is 12.6 Å². The Bertz CT molecular complexity index is 869. The van der Waals surface area contributed by atoms with Crippen molar-refractivity contribution in [2.45, 2.75) is 11.8 Å². The lowest BCUT2D eigenvalue weighted by molar-refractivity contribution is 0.0882. The van der Waals surface area contributed by atoms with Crippen LogP contribution in [0.3, 0.4) is 0 Å². The second kappa shape index (κ2) is 7.10. The van der Waals surface area contributed by atoms with Crippen LogP contribution in [0.5, 0.6) is 11.5 Å². The van der Waals surface area contributed by atoms with Gasteiger partial charge in [0.1, 0.15) is 0 Å². The van der Waals surface area contributed by atoms with Crippen LogP contribution in [0, 0.1) is 12.7 Å². The number of hydrogen-bond acceptors (Lipinski definition) is 5. The van der Waals surface area contributed by atoms with Crippen molar-refractivity contribution in [2.24, 2.45) is 0 Å². The number of sulfonamides is 1. The number of methoxy groups -OCH3 is 2. The number of carbonyl (C=O) groups is 1. The fourth-order valence-electron chi connectivity index (χ4n) is 2.15. The van der Waals surface area contributed by atoms with Gasteiger partial charge in [-0.1, -0.05) is 17.7 Å². The summed E-state index contributed by atoms with van der Waals surface area (Å²) in [6, 6.07) is 8.35. The minimum absolute atomic E-state index is 0.0185.